The molecule has 5 nitrogen and oxygen atoms in total. The second-order valence-electron chi connectivity index (χ2n) is 16.3. The molecular formula is C59H35F2N5. The van der Waals surface area contributed by atoms with E-state index in [9.17, 15) is 5.26 Å². The van der Waals surface area contributed by atoms with Crippen molar-refractivity contribution in [3.63, 3.8) is 0 Å². The largest absolute Gasteiger partial charge is 0.308 e. The Labute approximate surface area is 378 Å². The third kappa shape index (κ3) is 6.19. The van der Waals surface area contributed by atoms with Crippen LogP contribution in [0.3, 0.4) is 0 Å². The van der Waals surface area contributed by atoms with Gasteiger partial charge >= 0.3 is 0 Å². The summed E-state index contributed by atoms with van der Waals surface area (Å²) in [7, 11) is 0. The lowest BCUT2D eigenvalue weighted by atomic mass is 9.97. The zero-order valence-electron chi connectivity index (χ0n) is 35.2. The van der Waals surface area contributed by atoms with Gasteiger partial charge in [-0.2, -0.15) is 5.26 Å². The summed E-state index contributed by atoms with van der Waals surface area (Å²) in [4.78, 5) is 9.60. The minimum Gasteiger partial charge on any atom is -0.308 e. The maximum Gasteiger partial charge on any atom is 0.133 e. The van der Waals surface area contributed by atoms with Gasteiger partial charge in [-0.05, 0) is 89.5 Å². The van der Waals surface area contributed by atoms with Crippen LogP contribution in [-0.4, -0.2) is 19.1 Å². The van der Waals surface area contributed by atoms with E-state index >= 15 is 8.78 Å². The molecule has 0 amide bonds. The standard InChI is InChI=1S/C59H35F2N5/c60-49-22-11-23-50(61)57(49)41-34-55(65-51-24-9-7-18-44(51)46-32-39(26-28-53(46)65)42-20-12-30-63-58(42)37-14-3-1-4-15-37)48(36-62)56(35-41)66-52-25-10-8-19-45(52)47-33-40(27-29-54(47)66)43-21-13-31-64-59(43)38-16-5-2-6-17-38/h1-35H. The highest BCUT2D eigenvalue weighted by atomic mass is 19.1. The SMILES string of the molecule is N#Cc1c(-n2c3ccccc3c3cc(-c4cccnc4-c4ccccc4)ccc32)cc(-c2c(F)cccc2F)cc1-n1c2ccccc2c2cc(-c3cccnc3-c3ccccc3)ccc21. The van der Waals surface area contributed by atoms with E-state index in [0.717, 1.165) is 88.4 Å². The summed E-state index contributed by atoms with van der Waals surface area (Å²) < 4.78 is 36.3. The van der Waals surface area contributed by atoms with Crippen molar-refractivity contribution in [2.75, 3.05) is 0 Å². The molecule has 0 spiro atoms. The summed E-state index contributed by atoms with van der Waals surface area (Å²) >= 11 is 0. The van der Waals surface area contributed by atoms with Gasteiger partial charge in [0.05, 0.1) is 50.4 Å². The van der Waals surface area contributed by atoms with Gasteiger partial charge in [0.15, 0.2) is 0 Å². The number of para-hydroxylation sites is 2. The van der Waals surface area contributed by atoms with E-state index in [2.05, 4.69) is 100 Å². The molecule has 0 radical (unpaired) electrons. The molecule has 0 N–H and O–H groups in total. The highest BCUT2D eigenvalue weighted by Gasteiger charge is 2.25. The second-order valence-corrected chi connectivity index (χ2v) is 16.3. The molecular weight excluding hydrogens is 817 g/mol. The fourth-order valence-corrected chi connectivity index (χ4v) is 9.73. The number of hydrogen-bond acceptors (Lipinski definition) is 3. The molecule has 0 saturated carbocycles. The Balaban J connectivity index is 1.13. The van der Waals surface area contributed by atoms with Crippen molar-refractivity contribution in [1.29, 1.82) is 5.26 Å². The van der Waals surface area contributed by atoms with Crippen LogP contribution in [0.1, 0.15) is 5.56 Å². The fraction of sp³-hybridized carbons (Fsp3) is 0. The summed E-state index contributed by atoms with van der Waals surface area (Å²) in [6, 6.07) is 67.0. The quantitative estimate of drug-likeness (QED) is 0.160. The van der Waals surface area contributed by atoms with Crippen LogP contribution in [0, 0.1) is 23.0 Å². The van der Waals surface area contributed by atoms with Gasteiger partial charge in [-0.15, -0.1) is 0 Å². The summed E-state index contributed by atoms with van der Waals surface area (Å²) in [5.74, 6) is -1.40. The van der Waals surface area contributed by atoms with E-state index in [4.69, 9.17) is 9.97 Å². The van der Waals surface area contributed by atoms with Gasteiger partial charge in [0, 0.05) is 56.2 Å². The molecule has 0 fully saturated rings. The topological polar surface area (TPSA) is 59.4 Å². The molecule has 12 rings (SSSR count). The van der Waals surface area contributed by atoms with E-state index in [1.165, 1.54) is 18.2 Å². The number of fused-ring (bicyclic) bond motifs is 6. The van der Waals surface area contributed by atoms with Crippen molar-refractivity contribution >= 4 is 43.6 Å². The van der Waals surface area contributed by atoms with E-state index < -0.39 is 11.6 Å². The monoisotopic (exact) mass is 851 g/mol. The van der Waals surface area contributed by atoms with Gasteiger partial charge in [0.1, 0.15) is 23.3 Å². The number of pyridine rings is 2. The van der Waals surface area contributed by atoms with Crippen molar-refractivity contribution in [2.45, 2.75) is 0 Å². The first-order valence-electron chi connectivity index (χ1n) is 21.7. The number of benzene rings is 8. The van der Waals surface area contributed by atoms with Crippen LogP contribution in [0.25, 0.3) is 111 Å². The van der Waals surface area contributed by atoms with Gasteiger partial charge in [0.2, 0.25) is 0 Å². The number of nitrogens with zero attached hydrogens (tertiary/aromatic N) is 5. The van der Waals surface area contributed by atoms with Crippen LogP contribution < -0.4 is 0 Å². The van der Waals surface area contributed by atoms with Crippen LogP contribution in [0.15, 0.2) is 213 Å². The average molecular weight is 852 g/mol. The highest BCUT2D eigenvalue weighted by molar-refractivity contribution is 6.13. The molecule has 12 aromatic rings. The van der Waals surface area contributed by atoms with Crippen LogP contribution in [-0.2, 0) is 0 Å². The third-order valence-electron chi connectivity index (χ3n) is 12.6. The van der Waals surface area contributed by atoms with Crippen LogP contribution in [0.5, 0.6) is 0 Å². The van der Waals surface area contributed by atoms with Crippen molar-refractivity contribution < 1.29 is 8.78 Å². The molecule has 66 heavy (non-hydrogen) atoms. The van der Waals surface area contributed by atoms with Gasteiger partial charge in [-0.1, -0.05) is 127 Å². The van der Waals surface area contributed by atoms with E-state index in [1.54, 1.807) is 24.5 Å². The summed E-state index contributed by atoms with van der Waals surface area (Å²) in [5.41, 5.74) is 12.4. The minimum atomic E-state index is -0.702. The Morgan fingerprint density at radius 2 is 0.818 bits per heavy atom. The number of rotatable bonds is 7. The van der Waals surface area contributed by atoms with E-state index in [-0.39, 0.29) is 5.56 Å². The van der Waals surface area contributed by atoms with Crippen molar-refractivity contribution in [1.82, 2.24) is 19.1 Å². The minimum absolute atomic E-state index is 0.175. The van der Waals surface area contributed by atoms with Gasteiger partial charge < -0.3 is 9.13 Å². The molecule has 0 atom stereocenters. The molecule has 0 unspecified atom stereocenters. The van der Waals surface area contributed by atoms with Crippen molar-refractivity contribution in [3.8, 4) is 73.3 Å². The first-order chi connectivity index (χ1) is 32.6. The highest BCUT2D eigenvalue weighted by Crippen LogP contribution is 2.43. The Hall–Kier alpha value is -8.99. The van der Waals surface area contributed by atoms with Gasteiger partial charge in [-0.3, -0.25) is 9.97 Å². The summed E-state index contributed by atoms with van der Waals surface area (Å²) in [5, 5.41) is 15.3. The number of nitriles is 1. The van der Waals surface area contributed by atoms with Crippen LogP contribution in [0.4, 0.5) is 8.78 Å². The van der Waals surface area contributed by atoms with Crippen LogP contribution in [0.2, 0.25) is 0 Å². The lowest BCUT2D eigenvalue weighted by Gasteiger charge is -2.19. The summed E-state index contributed by atoms with van der Waals surface area (Å²) in [6.07, 6.45) is 3.61. The smallest absolute Gasteiger partial charge is 0.133 e. The van der Waals surface area contributed by atoms with Crippen LogP contribution >= 0.6 is 0 Å². The Kier molecular flexibility index (Phi) is 9.18. The molecule has 4 aromatic heterocycles. The maximum atomic E-state index is 16.1. The average Bonchev–Trinajstić information content (AvgIpc) is 3.88. The number of hydrogen-bond donors (Lipinski definition) is 0. The predicted molar refractivity (Wildman–Crippen MR) is 263 cm³/mol. The molecule has 0 saturated heterocycles. The molecule has 7 heteroatoms. The zero-order valence-corrected chi connectivity index (χ0v) is 35.2. The first kappa shape index (κ1) is 38.7. The predicted octanol–water partition coefficient (Wildman–Crippen LogP) is 15.2. The second kappa shape index (κ2) is 15.7. The third-order valence-corrected chi connectivity index (χ3v) is 12.6. The normalized spacial score (nSPS) is 11.5. The van der Waals surface area contributed by atoms with E-state index in [1.807, 2.05) is 84.9 Å². The molecule has 8 aromatic carbocycles. The fourth-order valence-electron chi connectivity index (χ4n) is 9.73. The van der Waals surface area contributed by atoms with E-state index in [0.29, 0.717) is 22.5 Å². The molecule has 0 bridgehead atoms. The number of aromatic nitrogens is 4. The van der Waals surface area contributed by atoms with Gasteiger partial charge in [-0.25, -0.2) is 8.78 Å². The molecule has 4 heterocycles. The Morgan fingerprint density at radius 1 is 0.379 bits per heavy atom. The van der Waals surface area contributed by atoms with Crippen molar-refractivity contribution in [3.05, 3.63) is 230 Å². The summed E-state index contributed by atoms with van der Waals surface area (Å²) in [6.45, 7) is 0. The lowest BCUT2D eigenvalue weighted by molar-refractivity contribution is 0.589. The number of halogens is 2. The maximum absolute atomic E-state index is 16.1. The molecule has 0 aliphatic carbocycles. The lowest BCUT2D eigenvalue weighted by Crippen LogP contribution is -2.06. The molecule has 0 aliphatic heterocycles. The first-order valence-corrected chi connectivity index (χ1v) is 21.7. The van der Waals surface area contributed by atoms with Gasteiger partial charge in [0.25, 0.3) is 0 Å². The zero-order chi connectivity index (χ0) is 44.3. The van der Waals surface area contributed by atoms with Crippen molar-refractivity contribution in [2.24, 2.45) is 0 Å². The molecule has 310 valence electrons. The Morgan fingerprint density at radius 3 is 1.29 bits per heavy atom. The molecule has 0 aliphatic rings. The Bertz CT molecular complexity index is 3680.